The van der Waals surface area contributed by atoms with E-state index in [1.165, 1.54) is 0 Å². The van der Waals surface area contributed by atoms with Gasteiger partial charge in [-0.15, -0.1) is 0 Å². The fraction of sp³-hybridized carbons (Fsp3) is 0.462. The number of para-hydroxylation sites is 2. The molecule has 94 valence electrons. The van der Waals surface area contributed by atoms with Gasteiger partial charge in [0.1, 0.15) is 0 Å². The largest absolute Gasteiger partial charge is 0.446 e. The summed E-state index contributed by atoms with van der Waals surface area (Å²) in [5.74, 6) is 0. The third kappa shape index (κ3) is 3.66. The highest BCUT2D eigenvalue weighted by atomic mass is 16.6. The number of nitrogen functional groups attached to an aromatic ring is 1. The Hall–Kier alpha value is -1.71. The highest BCUT2D eigenvalue weighted by Gasteiger charge is 2.19. The summed E-state index contributed by atoms with van der Waals surface area (Å²) in [6.07, 6.45) is 0.369. The van der Waals surface area contributed by atoms with Gasteiger partial charge in [-0.3, -0.25) is 4.90 Å². The molecule has 0 aliphatic heterocycles. The molecule has 1 amide bonds. The second kappa shape index (κ2) is 6.13. The molecule has 17 heavy (non-hydrogen) atoms. The second-order valence-electron chi connectivity index (χ2n) is 4.14. The average Bonchev–Trinajstić information content (AvgIpc) is 2.26. The van der Waals surface area contributed by atoms with Gasteiger partial charge in [0.25, 0.3) is 0 Å². The fourth-order valence-electron chi connectivity index (χ4n) is 1.53. The summed E-state index contributed by atoms with van der Waals surface area (Å²) in [5.41, 5.74) is 7.16. The quantitative estimate of drug-likeness (QED) is 0.817. The maximum Gasteiger partial charge on any atom is 0.414 e. The number of nitrogens with zero attached hydrogens (tertiary/aromatic N) is 1. The third-order valence-electron chi connectivity index (χ3n) is 2.23. The molecule has 4 heteroatoms. The van der Waals surface area contributed by atoms with Crippen molar-refractivity contribution in [1.29, 1.82) is 0 Å². The van der Waals surface area contributed by atoms with E-state index in [4.69, 9.17) is 10.5 Å². The lowest BCUT2D eigenvalue weighted by Gasteiger charge is -2.24. The van der Waals surface area contributed by atoms with Crippen LogP contribution in [-0.4, -0.2) is 18.7 Å². The van der Waals surface area contributed by atoms with Crippen LogP contribution in [0.5, 0.6) is 0 Å². The minimum atomic E-state index is -0.347. The molecule has 0 aliphatic rings. The van der Waals surface area contributed by atoms with E-state index in [1.54, 1.807) is 11.0 Å². The van der Waals surface area contributed by atoms with Crippen molar-refractivity contribution in [3.8, 4) is 0 Å². The van der Waals surface area contributed by atoms with Crippen LogP contribution in [0.3, 0.4) is 0 Å². The number of ether oxygens (including phenoxy) is 1. The van der Waals surface area contributed by atoms with Gasteiger partial charge in [-0.1, -0.05) is 19.1 Å². The zero-order chi connectivity index (χ0) is 12.8. The summed E-state index contributed by atoms with van der Waals surface area (Å²) >= 11 is 0. The molecule has 0 aromatic heterocycles. The van der Waals surface area contributed by atoms with Gasteiger partial charge < -0.3 is 10.5 Å². The Balaban J connectivity index is 2.93. The summed E-state index contributed by atoms with van der Waals surface area (Å²) in [7, 11) is 0. The molecule has 4 nitrogen and oxygen atoms in total. The van der Waals surface area contributed by atoms with Gasteiger partial charge in [0.2, 0.25) is 0 Å². The summed E-state index contributed by atoms with van der Waals surface area (Å²) in [6, 6.07) is 7.31. The van der Waals surface area contributed by atoms with Crippen LogP contribution in [0.15, 0.2) is 24.3 Å². The number of nitrogens with two attached hydrogens (primary N) is 1. The highest BCUT2D eigenvalue weighted by molar-refractivity contribution is 5.91. The Labute approximate surface area is 102 Å². The molecule has 0 heterocycles. The molecule has 0 radical (unpaired) electrons. The monoisotopic (exact) mass is 236 g/mol. The Kier molecular flexibility index (Phi) is 4.82. The lowest BCUT2D eigenvalue weighted by molar-refractivity contribution is 0.122. The van der Waals surface area contributed by atoms with Crippen molar-refractivity contribution in [2.75, 3.05) is 17.2 Å². The van der Waals surface area contributed by atoms with Crippen LogP contribution in [0, 0.1) is 0 Å². The number of hydrogen-bond donors (Lipinski definition) is 1. The molecule has 0 spiro atoms. The maximum atomic E-state index is 11.9. The zero-order valence-corrected chi connectivity index (χ0v) is 10.6. The van der Waals surface area contributed by atoms with Gasteiger partial charge in [0, 0.05) is 6.54 Å². The van der Waals surface area contributed by atoms with Crippen molar-refractivity contribution in [3.05, 3.63) is 24.3 Å². The van der Waals surface area contributed by atoms with Crippen LogP contribution < -0.4 is 10.6 Å². The number of benzene rings is 1. The molecule has 0 saturated heterocycles. The van der Waals surface area contributed by atoms with Crippen molar-refractivity contribution in [1.82, 2.24) is 0 Å². The predicted octanol–water partition coefficient (Wildman–Crippen LogP) is 3.03. The SMILES string of the molecule is CCCN(C(=O)OC(C)C)c1ccccc1N. The van der Waals surface area contributed by atoms with Crippen molar-refractivity contribution in [3.63, 3.8) is 0 Å². The van der Waals surface area contributed by atoms with E-state index >= 15 is 0 Å². The summed E-state index contributed by atoms with van der Waals surface area (Å²) in [5, 5.41) is 0. The minimum absolute atomic E-state index is 0.133. The van der Waals surface area contributed by atoms with Crippen molar-refractivity contribution >= 4 is 17.5 Å². The van der Waals surface area contributed by atoms with Crippen LogP contribution in [0.1, 0.15) is 27.2 Å². The molecule has 0 bridgehead atoms. The molecule has 0 fully saturated rings. The average molecular weight is 236 g/mol. The molecule has 0 saturated carbocycles. The van der Waals surface area contributed by atoms with Gasteiger partial charge >= 0.3 is 6.09 Å². The zero-order valence-electron chi connectivity index (χ0n) is 10.6. The first-order valence-corrected chi connectivity index (χ1v) is 5.89. The second-order valence-corrected chi connectivity index (χ2v) is 4.14. The van der Waals surface area contributed by atoms with Crippen molar-refractivity contribution in [2.24, 2.45) is 0 Å². The molecule has 1 rings (SSSR count). The van der Waals surface area contributed by atoms with E-state index < -0.39 is 0 Å². The lowest BCUT2D eigenvalue weighted by Crippen LogP contribution is -2.34. The summed E-state index contributed by atoms with van der Waals surface area (Å²) in [4.78, 5) is 13.5. The number of hydrogen-bond acceptors (Lipinski definition) is 3. The van der Waals surface area contributed by atoms with E-state index in [-0.39, 0.29) is 12.2 Å². The van der Waals surface area contributed by atoms with Crippen LogP contribution in [0.2, 0.25) is 0 Å². The Bertz CT molecular complexity index is 377. The molecular weight excluding hydrogens is 216 g/mol. The van der Waals surface area contributed by atoms with Crippen LogP contribution >= 0.6 is 0 Å². The Morgan fingerprint density at radius 2 is 2.06 bits per heavy atom. The molecule has 1 aromatic rings. The first-order chi connectivity index (χ1) is 8.06. The van der Waals surface area contributed by atoms with Crippen LogP contribution in [0.25, 0.3) is 0 Å². The van der Waals surface area contributed by atoms with Crippen LogP contribution in [-0.2, 0) is 4.74 Å². The molecular formula is C13H20N2O2. The standard InChI is InChI=1S/C13H20N2O2/c1-4-9-15(13(16)17-10(2)3)12-8-6-5-7-11(12)14/h5-8,10H,4,9,14H2,1-3H3. The molecule has 0 unspecified atom stereocenters. The Morgan fingerprint density at radius 3 is 2.59 bits per heavy atom. The molecule has 0 atom stereocenters. The number of anilines is 2. The van der Waals surface area contributed by atoms with Crippen molar-refractivity contribution < 1.29 is 9.53 Å². The van der Waals surface area contributed by atoms with E-state index in [0.29, 0.717) is 17.9 Å². The van der Waals surface area contributed by atoms with Gasteiger partial charge in [0.05, 0.1) is 17.5 Å². The van der Waals surface area contributed by atoms with E-state index in [1.807, 2.05) is 39.0 Å². The van der Waals surface area contributed by atoms with Gasteiger partial charge in [-0.2, -0.15) is 0 Å². The highest BCUT2D eigenvalue weighted by Crippen LogP contribution is 2.23. The van der Waals surface area contributed by atoms with Gasteiger partial charge in [0.15, 0.2) is 0 Å². The van der Waals surface area contributed by atoms with E-state index in [2.05, 4.69) is 0 Å². The smallest absolute Gasteiger partial charge is 0.414 e. The summed E-state index contributed by atoms with van der Waals surface area (Å²) in [6.45, 7) is 6.27. The van der Waals surface area contributed by atoms with Crippen molar-refractivity contribution in [2.45, 2.75) is 33.3 Å². The number of carbonyl (C=O) groups excluding carboxylic acids is 1. The fourth-order valence-corrected chi connectivity index (χ4v) is 1.53. The van der Waals surface area contributed by atoms with Crippen LogP contribution in [0.4, 0.5) is 16.2 Å². The summed E-state index contributed by atoms with van der Waals surface area (Å²) < 4.78 is 5.21. The third-order valence-corrected chi connectivity index (χ3v) is 2.23. The molecule has 0 aliphatic carbocycles. The predicted molar refractivity (Wildman–Crippen MR) is 70.1 cm³/mol. The van der Waals surface area contributed by atoms with Gasteiger partial charge in [-0.25, -0.2) is 4.79 Å². The Morgan fingerprint density at radius 1 is 1.41 bits per heavy atom. The maximum absolute atomic E-state index is 11.9. The number of carbonyl (C=O) groups is 1. The van der Waals surface area contributed by atoms with E-state index in [0.717, 1.165) is 6.42 Å². The molecule has 1 aromatic carbocycles. The lowest BCUT2D eigenvalue weighted by atomic mass is 10.2. The first kappa shape index (κ1) is 13.4. The topological polar surface area (TPSA) is 55.6 Å². The number of amides is 1. The number of rotatable bonds is 4. The normalized spacial score (nSPS) is 10.4. The first-order valence-electron chi connectivity index (χ1n) is 5.89. The van der Waals surface area contributed by atoms with E-state index in [9.17, 15) is 4.79 Å². The van der Waals surface area contributed by atoms with Gasteiger partial charge in [-0.05, 0) is 32.4 Å². The minimum Gasteiger partial charge on any atom is -0.446 e. The molecule has 2 N–H and O–H groups in total.